The minimum atomic E-state index is 0.272. The third kappa shape index (κ3) is 3.55. The molecule has 0 saturated heterocycles. The number of anilines is 2. The molecule has 98 valence electrons. The van der Waals surface area contributed by atoms with Gasteiger partial charge in [0.05, 0.1) is 19.3 Å². The summed E-state index contributed by atoms with van der Waals surface area (Å²) < 4.78 is 14.5. The fraction of sp³-hybridized carbons (Fsp3) is 0.727. The molecule has 17 heavy (non-hydrogen) atoms. The van der Waals surface area contributed by atoms with E-state index in [0.29, 0.717) is 19.0 Å². The highest BCUT2D eigenvalue weighted by atomic mass is 32.1. The average molecular weight is 259 g/mol. The highest BCUT2D eigenvalue weighted by molar-refractivity contribution is 7.10. The predicted octanol–water partition coefficient (Wildman–Crippen LogP) is 1.52. The van der Waals surface area contributed by atoms with E-state index in [1.165, 1.54) is 11.5 Å². The van der Waals surface area contributed by atoms with Crippen LogP contribution < -0.4 is 10.6 Å². The van der Waals surface area contributed by atoms with E-state index in [9.17, 15) is 0 Å². The first-order valence-corrected chi connectivity index (χ1v) is 6.35. The molecule has 2 N–H and O–H groups in total. The Labute approximate surface area is 107 Å². The van der Waals surface area contributed by atoms with E-state index in [1.54, 1.807) is 14.2 Å². The summed E-state index contributed by atoms with van der Waals surface area (Å²) in [6.07, 6.45) is 0. The highest BCUT2D eigenvalue weighted by Gasteiger charge is 2.19. The van der Waals surface area contributed by atoms with Crippen molar-refractivity contribution in [2.75, 3.05) is 44.6 Å². The summed E-state index contributed by atoms with van der Waals surface area (Å²) in [5, 5.41) is 1.10. The first-order valence-electron chi connectivity index (χ1n) is 5.58. The van der Waals surface area contributed by atoms with E-state index in [2.05, 4.69) is 16.2 Å². The summed E-state index contributed by atoms with van der Waals surface area (Å²) in [6.45, 7) is 6.26. The first-order chi connectivity index (χ1) is 8.11. The van der Waals surface area contributed by atoms with Gasteiger partial charge in [-0.3, -0.25) is 0 Å². The molecule has 0 fully saturated rings. The van der Waals surface area contributed by atoms with Crippen LogP contribution in [0.2, 0.25) is 0 Å². The van der Waals surface area contributed by atoms with Crippen LogP contribution >= 0.6 is 11.5 Å². The number of ether oxygens (including phenoxy) is 2. The van der Waals surface area contributed by atoms with Crippen LogP contribution in [0.25, 0.3) is 0 Å². The van der Waals surface area contributed by atoms with Crippen molar-refractivity contribution >= 4 is 22.4 Å². The van der Waals surface area contributed by atoms with Crippen LogP contribution in [0.1, 0.15) is 12.5 Å². The lowest BCUT2D eigenvalue weighted by Crippen LogP contribution is -2.38. The molecule has 0 radical (unpaired) electrons. The molecule has 1 aromatic heterocycles. The summed E-state index contributed by atoms with van der Waals surface area (Å²) in [6, 6.07) is 0.272. The SMILES string of the molecule is COCCN(c1snc(N)c1C)C(C)COC. The summed E-state index contributed by atoms with van der Waals surface area (Å²) in [4.78, 5) is 2.23. The Kier molecular flexibility index (Phi) is 5.67. The molecule has 1 heterocycles. The second-order valence-electron chi connectivity index (χ2n) is 3.99. The molecule has 0 bridgehead atoms. The van der Waals surface area contributed by atoms with E-state index in [4.69, 9.17) is 15.2 Å². The maximum atomic E-state index is 5.79. The maximum Gasteiger partial charge on any atom is 0.142 e. The quantitative estimate of drug-likeness (QED) is 0.804. The van der Waals surface area contributed by atoms with Gasteiger partial charge in [0.15, 0.2) is 0 Å². The Morgan fingerprint density at radius 1 is 1.41 bits per heavy atom. The van der Waals surface area contributed by atoms with Gasteiger partial charge in [0, 0.05) is 26.3 Å². The normalized spacial score (nSPS) is 12.7. The smallest absolute Gasteiger partial charge is 0.142 e. The molecule has 0 spiro atoms. The molecule has 0 saturated carbocycles. The van der Waals surface area contributed by atoms with Gasteiger partial charge >= 0.3 is 0 Å². The number of hydrogen-bond donors (Lipinski definition) is 1. The number of nitrogen functional groups attached to an aromatic ring is 1. The van der Waals surface area contributed by atoms with Crippen molar-refractivity contribution in [1.82, 2.24) is 4.37 Å². The summed E-state index contributed by atoms with van der Waals surface area (Å²) in [7, 11) is 3.41. The zero-order chi connectivity index (χ0) is 12.8. The fourth-order valence-corrected chi connectivity index (χ4v) is 2.59. The van der Waals surface area contributed by atoms with Gasteiger partial charge in [0.25, 0.3) is 0 Å². The van der Waals surface area contributed by atoms with Crippen LogP contribution in [0.15, 0.2) is 0 Å². The monoisotopic (exact) mass is 259 g/mol. The maximum absolute atomic E-state index is 5.79. The number of nitrogens with zero attached hydrogens (tertiary/aromatic N) is 2. The topological polar surface area (TPSA) is 60.6 Å². The van der Waals surface area contributed by atoms with Crippen molar-refractivity contribution < 1.29 is 9.47 Å². The summed E-state index contributed by atoms with van der Waals surface area (Å²) in [5.41, 5.74) is 6.83. The molecule has 0 aliphatic rings. The molecular weight excluding hydrogens is 238 g/mol. The van der Waals surface area contributed by atoms with E-state index >= 15 is 0 Å². The van der Waals surface area contributed by atoms with Crippen LogP contribution in [0.5, 0.6) is 0 Å². The van der Waals surface area contributed by atoms with Crippen molar-refractivity contribution in [1.29, 1.82) is 0 Å². The number of methoxy groups -OCH3 is 2. The molecule has 0 aliphatic carbocycles. The minimum Gasteiger partial charge on any atom is -0.383 e. The Hall–Kier alpha value is -0.850. The van der Waals surface area contributed by atoms with Gasteiger partial charge in [-0.2, -0.15) is 4.37 Å². The minimum absolute atomic E-state index is 0.272. The second-order valence-corrected chi connectivity index (χ2v) is 4.74. The summed E-state index contributed by atoms with van der Waals surface area (Å²) >= 11 is 1.43. The summed E-state index contributed by atoms with van der Waals surface area (Å²) in [5.74, 6) is 0.608. The fourth-order valence-electron chi connectivity index (χ4n) is 1.65. The largest absolute Gasteiger partial charge is 0.383 e. The molecule has 1 atom stereocenters. The van der Waals surface area contributed by atoms with Crippen LogP contribution in [0.3, 0.4) is 0 Å². The number of aromatic nitrogens is 1. The third-order valence-electron chi connectivity index (χ3n) is 2.67. The molecule has 0 amide bonds. The standard InChI is InChI=1S/C11H21N3O2S/c1-8(7-16-4)14(5-6-15-3)11-9(2)10(12)13-17-11/h8H,5-7H2,1-4H3,(H2,12,13). The van der Waals surface area contributed by atoms with E-state index in [1.807, 2.05) is 6.92 Å². The van der Waals surface area contributed by atoms with Crippen molar-refractivity contribution in [3.63, 3.8) is 0 Å². The van der Waals surface area contributed by atoms with Gasteiger partial charge in [-0.1, -0.05) is 0 Å². The Balaban J connectivity index is 2.85. The van der Waals surface area contributed by atoms with Gasteiger partial charge < -0.3 is 20.1 Å². The van der Waals surface area contributed by atoms with Crippen molar-refractivity contribution in [3.8, 4) is 0 Å². The highest BCUT2D eigenvalue weighted by Crippen LogP contribution is 2.30. The number of hydrogen-bond acceptors (Lipinski definition) is 6. The van der Waals surface area contributed by atoms with Crippen molar-refractivity contribution in [3.05, 3.63) is 5.56 Å². The van der Waals surface area contributed by atoms with Crippen LogP contribution in [0, 0.1) is 6.92 Å². The second kappa shape index (κ2) is 6.78. The molecule has 5 nitrogen and oxygen atoms in total. The van der Waals surface area contributed by atoms with E-state index in [-0.39, 0.29) is 6.04 Å². The predicted molar refractivity (Wildman–Crippen MR) is 71.8 cm³/mol. The van der Waals surface area contributed by atoms with Crippen LogP contribution in [0.4, 0.5) is 10.8 Å². The molecule has 1 unspecified atom stereocenters. The lowest BCUT2D eigenvalue weighted by Gasteiger charge is -2.29. The third-order valence-corrected chi connectivity index (χ3v) is 3.67. The Morgan fingerprint density at radius 2 is 2.12 bits per heavy atom. The molecule has 6 heteroatoms. The first kappa shape index (κ1) is 14.2. The number of nitrogens with two attached hydrogens (primary N) is 1. The lowest BCUT2D eigenvalue weighted by molar-refractivity contribution is 0.171. The van der Waals surface area contributed by atoms with Crippen LogP contribution in [-0.2, 0) is 9.47 Å². The van der Waals surface area contributed by atoms with Crippen molar-refractivity contribution in [2.45, 2.75) is 19.9 Å². The Bertz CT molecular complexity index is 343. The Morgan fingerprint density at radius 3 is 2.59 bits per heavy atom. The molecular formula is C11H21N3O2S. The number of rotatable bonds is 7. The molecule has 1 rings (SSSR count). The molecule has 0 aliphatic heterocycles. The zero-order valence-corrected chi connectivity index (χ0v) is 11.7. The molecule has 0 aromatic carbocycles. The molecule has 1 aromatic rings. The average Bonchev–Trinajstić information content (AvgIpc) is 2.62. The van der Waals surface area contributed by atoms with Gasteiger partial charge in [-0.05, 0) is 25.4 Å². The van der Waals surface area contributed by atoms with E-state index in [0.717, 1.165) is 17.1 Å². The van der Waals surface area contributed by atoms with Gasteiger partial charge in [0.1, 0.15) is 10.8 Å². The zero-order valence-electron chi connectivity index (χ0n) is 10.9. The van der Waals surface area contributed by atoms with Crippen molar-refractivity contribution in [2.24, 2.45) is 0 Å². The van der Waals surface area contributed by atoms with Gasteiger partial charge in [-0.25, -0.2) is 0 Å². The van der Waals surface area contributed by atoms with Crippen LogP contribution in [-0.4, -0.2) is 44.4 Å². The van der Waals surface area contributed by atoms with Gasteiger partial charge in [0.2, 0.25) is 0 Å². The van der Waals surface area contributed by atoms with Gasteiger partial charge in [-0.15, -0.1) is 0 Å². The lowest BCUT2D eigenvalue weighted by atomic mass is 10.2. The van der Waals surface area contributed by atoms with E-state index < -0.39 is 0 Å².